The second kappa shape index (κ2) is 7.98. The van der Waals surface area contributed by atoms with E-state index in [9.17, 15) is 34.8 Å². The van der Waals surface area contributed by atoms with E-state index in [4.69, 9.17) is 9.47 Å². The lowest BCUT2D eigenvalue weighted by molar-refractivity contribution is -0.142. The number of rotatable bonds is 4. The zero-order valence-electron chi connectivity index (χ0n) is 17.3. The third-order valence-corrected chi connectivity index (χ3v) is 8.58. The average molecular weight is 498 g/mol. The Kier molecular flexibility index (Phi) is 5.81. The summed E-state index contributed by atoms with van der Waals surface area (Å²) in [6.45, 7) is 1.57. The van der Waals surface area contributed by atoms with Crippen molar-refractivity contribution >= 4 is 9.84 Å². The van der Waals surface area contributed by atoms with Crippen LogP contribution in [0.4, 0.5) is 26.3 Å². The topological polar surface area (TPSA) is 70.4 Å². The molecule has 0 aliphatic carbocycles. The average Bonchev–Trinajstić information content (AvgIpc) is 3.11. The number of nitrogens with zero attached hydrogens (tertiary/aromatic N) is 2. The minimum Gasteiger partial charge on any atom is -0.377 e. The second-order valence-corrected chi connectivity index (χ2v) is 10.8. The van der Waals surface area contributed by atoms with Crippen molar-refractivity contribution in [1.29, 1.82) is 0 Å². The van der Waals surface area contributed by atoms with Crippen molar-refractivity contribution in [2.45, 2.75) is 53.9 Å². The largest absolute Gasteiger partial charge is 0.435 e. The molecule has 6 nitrogen and oxygen atoms in total. The van der Waals surface area contributed by atoms with Crippen molar-refractivity contribution in [3.8, 4) is 0 Å². The molecule has 2 aromatic rings. The van der Waals surface area contributed by atoms with E-state index < -0.39 is 55.2 Å². The van der Waals surface area contributed by atoms with Gasteiger partial charge in [-0.2, -0.15) is 31.4 Å². The molecule has 4 rings (SSSR count). The van der Waals surface area contributed by atoms with Gasteiger partial charge in [-0.05, 0) is 44.0 Å². The summed E-state index contributed by atoms with van der Waals surface area (Å²) in [5.74, 6) is 0. The van der Waals surface area contributed by atoms with Gasteiger partial charge < -0.3 is 9.47 Å². The quantitative estimate of drug-likeness (QED) is 0.578. The number of aromatic nitrogens is 2. The normalized spacial score (nSPS) is 25.1. The van der Waals surface area contributed by atoms with E-state index in [1.54, 1.807) is 0 Å². The summed E-state index contributed by atoms with van der Waals surface area (Å²) in [4.78, 5) is -0.502. The second-order valence-electron chi connectivity index (χ2n) is 8.38. The predicted molar refractivity (Wildman–Crippen MR) is 102 cm³/mol. The zero-order chi connectivity index (χ0) is 24.2. The maximum atomic E-state index is 13.4. The van der Waals surface area contributed by atoms with Crippen LogP contribution in [0.2, 0.25) is 0 Å². The van der Waals surface area contributed by atoms with E-state index in [0.717, 1.165) is 28.9 Å². The van der Waals surface area contributed by atoms with Crippen LogP contribution in [0.15, 0.2) is 35.2 Å². The third-order valence-electron chi connectivity index (χ3n) is 6.04. The first-order valence-corrected chi connectivity index (χ1v) is 11.5. The molecule has 33 heavy (non-hydrogen) atoms. The minimum absolute atomic E-state index is 0.0329. The lowest BCUT2D eigenvalue weighted by Crippen LogP contribution is -2.43. The Labute approximate surface area is 185 Å². The van der Waals surface area contributed by atoms with E-state index in [1.807, 2.05) is 0 Å². The van der Waals surface area contributed by atoms with E-state index in [1.165, 1.54) is 6.92 Å². The maximum absolute atomic E-state index is 13.4. The summed E-state index contributed by atoms with van der Waals surface area (Å²) in [6, 6.07) is 3.81. The third kappa shape index (κ3) is 4.37. The van der Waals surface area contributed by atoms with Crippen LogP contribution in [-0.2, 0) is 31.7 Å². The van der Waals surface area contributed by atoms with Crippen LogP contribution < -0.4 is 0 Å². The Morgan fingerprint density at radius 3 is 2.36 bits per heavy atom. The molecule has 0 radical (unpaired) electrons. The molecule has 0 spiro atoms. The molecule has 2 saturated heterocycles. The van der Waals surface area contributed by atoms with Crippen LogP contribution in [0.1, 0.15) is 48.9 Å². The molecule has 1 aromatic carbocycles. The number of hydrogen-bond acceptors (Lipinski definition) is 5. The highest BCUT2D eigenvalue weighted by Crippen LogP contribution is 2.44. The van der Waals surface area contributed by atoms with Crippen molar-refractivity contribution in [3.63, 3.8) is 0 Å². The van der Waals surface area contributed by atoms with Gasteiger partial charge in [0.15, 0.2) is 15.5 Å². The summed E-state index contributed by atoms with van der Waals surface area (Å²) in [7, 11) is -4.29. The van der Waals surface area contributed by atoms with Crippen molar-refractivity contribution < 1.29 is 44.2 Å². The number of alkyl halides is 6. The lowest BCUT2D eigenvalue weighted by Gasteiger charge is -2.38. The summed E-state index contributed by atoms with van der Waals surface area (Å²) < 4.78 is 116. The fraction of sp³-hybridized carbons (Fsp3) is 0.550. The van der Waals surface area contributed by atoms with E-state index in [0.29, 0.717) is 6.07 Å². The van der Waals surface area contributed by atoms with Gasteiger partial charge in [-0.1, -0.05) is 6.07 Å². The highest BCUT2D eigenvalue weighted by Gasteiger charge is 2.47. The molecule has 0 saturated carbocycles. The Morgan fingerprint density at radius 1 is 1.09 bits per heavy atom. The van der Waals surface area contributed by atoms with Gasteiger partial charge in [0.25, 0.3) is 0 Å². The summed E-state index contributed by atoms with van der Waals surface area (Å²) >= 11 is 0. The molecule has 3 heterocycles. The van der Waals surface area contributed by atoms with Crippen LogP contribution in [0.5, 0.6) is 0 Å². The predicted octanol–water partition coefficient (Wildman–Crippen LogP) is 4.58. The highest BCUT2D eigenvalue weighted by atomic mass is 32.2. The summed E-state index contributed by atoms with van der Waals surface area (Å²) in [6.07, 6.45) is -10.8. The zero-order valence-corrected chi connectivity index (χ0v) is 18.1. The molecule has 182 valence electrons. The van der Waals surface area contributed by atoms with E-state index in [-0.39, 0.29) is 38.4 Å². The first-order chi connectivity index (χ1) is 15.2. The van der Waals surface area contributed by atoms with Crippen molar-refractivity contribution in [1.82, 2.24) is 9.78 Å². The molecule has 2 aliphatic rings. The fourth-order valence-electron chi connectivity index (χ4n) is 3.97. The number of benzene rings is 1. The monoisotopic (exact) mass is 498 g/mol. The van der Waals surface area contributed by atoms with Gasteiger partial charge in [0.2, 0.25) is 0 Å². The smallest absolute Gasteiger partial charge is 0.377 e. The van der Waals surface area contributed by atoms with Crippen LogP contribution in [0.25, 0.3) is 0 Å². The SMILES string of the molecule is C[C@]1(S(=O)(=O)c2cccc(C(F)(F)F)c2)CCO[C@@H](c2cc(C(F)(F)F)nn2C2COC2)C1. The summed E-state index contributed by atoms with van der Waals surface area (Å²) in [5, 5.41) is 3.64. The molecular weight excluding hydrogens is 478 g/mol. The molecule has 2 fully saturated rings. The van der Waals surface area contributed by atoms with E-state index in [2.05, 4.69) is 5.10 Å². The first kappa shape index (κ1) is 24.0. The molecular formula is C20H20F6N2O4S. The molecule has 0 bridgehead atoms. The van der Waals surface area contributed by atoms with Gasteiger partial charge in [-0.15, -0.1) is 0 Å². The molecule has 1 aromatic heterocycles. The summed E-state index contributed by atoms with van der Waals surface area (Å²) in [5.41, 5.74) is -2.18. The Morgan fingerprint density at radius 2 is 1.79 bits per heavy atom. The van der Waals surface area contributed by atoms with Crippen LogP contribution in [-0.4, -0.2) is 42.8 Å². The molecule has 0 N–H and O–H groups in total. The van der Waals surface area contributed by atoms with Crippen LogP contribution in [0.3, 0.4) is 0 Å². The number of sulfone groups is 1. The number of ether oxygens (including phenoxy) is 2. The Balaban J connectivity index is 1.69. The lowest BCUT2D eigenvalue weighted by atomic mass is 9.94. The molecule has 0 amide bonds. The number of hydrogen-bond donors (Lipinski definition) is 0. The Hall–Kier alpha value is -2.12. The molecule has 2 aliphatic heterocycles. The van der Waals surface area contributed by atoms with Crippen molar-refractivity contribution in [3.05, 3.63) is 47.3 Å². The van der Waals surface area contributed by atoms with Gasteiger partial charge in [0, 0.05) is 6.61 Å². The maximum Gasteiger partial charge on any atom is 0.435 e. The van der Waals surface area contributed by atoms with Gasteiger partial charge in [-0.25, -0.2) is 8.42 Å². The van der Waals surface area contributed by atoms with Gasteiger partial charge in [-0.3, -0.25) is 4.68 Å². The van der Waals surface area contributed by atoms with Crippen molar-refractivity contribution in [2.24, 2.45) is 0 Å². The Bertz CT molecular complexity index is 1140. The highest BCUT2D eigenvalue weighted by molar-refractivity contribution is 7.92. The van der Waals surface area contributed by atoms with Gasteiger partial charge in [0.1, 0.15) is 6.10 Å². The molecule has 0 unspecified atom stereocenters. The molecule has 2 atom stereocenters. The van der Waals surface area contributed by atoms with Gasteiger partial charge in [0.05, 0.1) is 40.2 Å². The fourth-order valence-corrected chi connectivity index (χ4v) is 5.80. The van der Waals surface area contributed by atoms with Gasteiger partial charge >= 0.3 is 12.4 Å². The number of halogens is 6. The van der Waals surface area contributed by atoms with E-state index >= 15 is 0 Å². The van der Waals surface area contributed by atoms with Crippen LogP contribution in [0, 0.1) is 0 Å². The first-order valence-electron chi connectivity index (χ1n) is 10.0. The molecule has 13 heteroatoms. The van der Waals surface area contributed by atoms with Crippen molar-refractivity contribution in [2.75, 3.05) is 19.8 Å². The van der Waals surface area contributed by atoms with Crippen LogP contribution >= 0.6 is 0 Å². The minimum atomic E-state index is -4.73. The standard InChI is InChI=1S/C20H20F6N2O4S/c1-18(33(29,30)14-4-2-3-12(7-14)19(21,22)23)5-6-32-16(9-18)15-8-17(20(24,25)26)27-28(15)13-10-31-11-13/h2-4,7-8,13,16H,5-6,9-11H2,1H3/t16-,18+/m1/s1.